The van der Waals surface area contributed by atoms with Gasteiger partial charge in [0.2, 0.25) is 5.91 Å². The predicted octanol–water partition coefficient (Wildman–Crippen LogP) is 4.67. The van der Waals surface area contributed by atoms with Gasteiger partial charge in [-0.25, -0.2) is 0 Å². The minimum Gasteiger partial charge on any atom is -0.457 e. The van der Waals surface area contributed by atoms with E-state index in [2.05, 4.69) is 4.74 Å². The Bertz CT molecular complexity index is 727. The smallest absolute Gasteiger partial charge is 0.457 e. The molecule has 0 atom stereocenters. The van der Waals surface area contributed by atoms with Crippen LogP contribution >= 0.6 is 0 Å². The fourth-order valence-electron chi connectivity index (χ4n) is 1.97. The maximum absolute atomic E-state index is 12.1. The van der Waals surface area contributed by atoms with Gasteiger partial charge in [-0.3, -0.25) is 4.79 Å². The zero-order valence-corrected chi connectivity index (χ0v) is 13.3. The summed E-state index contributed by atoms with van der Waals surface area (Å²) in [5.74, 6) is 0.508. The summed E-state index contributed by atoms with van der Waals surface area (Å²) in [7, 11) is 1.66. The second-order valence-electron chi connectivity index (χ2n) is 5.15. The van der Waals surface area contributed by atoms with Gasteiger partial charge < -0.3 is 14.4 Å². The molecular weight excluding hydrogens is 323 g/mol. The van der Waals surface area contributed by atoms with Gasteiger partial charge in [-0.1, -0.05) is 0 Å². The fraction of sp³-hybridized carbons (Fsp3) is 0.235. The second-order valence-corrected chi connectivity index (χ2v) is 5.15. The van der Waals surface area contributed by atoms with Crippen molar-refractivity contribution in [2.24, 2.45) is 0 Å². The van der Waals surface area contributed by atoms with Crippen LogP contribution in [0.2, 0.25) is 0 Å². The maximum atomic E-state index is 12.1. The molecule has 0 bridgehead atoms. The molecule has 0 aliphatic carbocycles. The van der Waals surface area contributed by atoms with Gasteiger partial charge in [0.25, 0.3) is 0 Å². The van der Waals surface area contributed by atoms with Crippen molar-refractivity contribution in [2.45, 2.75) is 20.2 Å². The average molecular weight is 339 g/mol. The van der Waals surface area contributed by atoms with Gasteiger partial charge in [0.05, 0.1) is 0 Å². The van der Waals surface area contributed by atoms with E-state index in [1.165, 1.54) is 36.1 Å². The molecule has 0 aromatic heterocycles. The van der Waals surface area contributed by atoms with Gasteiger partial charge in [-0.15, -0.1) is 13.2 Å². The lowest BCUT2D eigenvalue weighted by Gasteiger charge is -2.17. The predicted molar refractivity (Wildman–Crippen MR) is 83.5 cm³/mol. The van der Waals surface area contributed by atoms with E-state index in [0.29, 0.717) is 11.5 Å². The summed E-state index contributed by atoms with van der Waals surface area (Å²) in [6.07, 6.45) is -4.72. The quantitative estimate of drug-likeness (QED) is 0.813. The van der Waals surface area contributed by atoms with Crippen molar-refractivity contribution in [1.29, 1.82) is 0 Å². The lowest BCUT2D eigenvalue weighted by atomic mass is 10.2. The molecule has 2 aromatic rings. The van der Waals surface area contributed by atoms with Crippen molar-refractivity contribution in [2.75, 3.05) is 11.9 Å². The summed E-state index contributed by atoms with van der Waals surface area (Å²) in [5, 5.41) is 0. The number of anilines is 1. The molecule has 0 saturated heterocycles. The van der Waals surface area contributed by atoms with E-state index in [9.17, 15) is 18.0 Å². The van der Waals surface area contributed by atoms with E-state index in [0.717, 1.165) is 11.3 Å². The molecular formula is C17H16F3NO3. The van der Waals surface area contributed by atoms with E-state index in [-0.39, 0.29) is 11.7 Å². The Balaban J connectivity index is 2.12. The third-order valence-electron chi connectivity index (χ3n) is 3.30. The molecule has 0 N–H and O–H groups in total. The van der Waals surface area contributed by atoms with Crippen molar-refractivity contribution < 1.29 is 27.4 Å². The molecule has 4 nitrogen and oxygen atoms in total. The highest BCUT2D eigenvalue weighted by molar-refractivity contribution is 5.91. The number of aryl methyl sites for hydroxylation is 1. The number of hydrogen-bond acceptors (Lipinski definition) is 3. The van der Waals surface area contributed by atoms with Crippen LogP contribution in [-0.4, -0.2) is 19.3 Å². The molecule has 1 amide bonds. The average Bonchev–Trinajstić information content (AvgIpc) is 2.49. The van der Waals surface area contributed by atoms with Crippen LogP contribution in [0.25, 0.3) is 0 Å². The Hall–Kier alpha value is -2.70. The summed E-state index contributed by atoms with van der Waals surface area (Å²) in [5.41, 5.74) is 1.51. The minimum absolute atomic E-state index is 0.0941. The topological polar surface area (TPSA) is 38.8 Å². The number of alkyl halides is 3. The molecule has 2 aromatic carbocycles. The molecule has 0 heterocycles. The number of ether oxygens (including phenoxy) is 2. The van der Waals surface area contributed by atoms with Gasteiger partial charge in [0.15, 0.2) is 0 Å². The molecule has 0 aliphatic heterocycles. The monoisotopic (exact) mass is 339 g/mol. The summed E-state index contributed by atoms with van der Waals surface area (Å²) in [6, 6.07) is 10.3. The molecule has 0 radical (unpaired) electrons. The number of amides is 1. The highest BCUT2D eigenvalue weighted by atomic mass is 19.4. The van der Waals surface area contributed by atoms with Crippen LogP contribution in [0.4, 0.5) is 18.9 Å². The first-order valence-corrected chi connectivity index (χ1v) is 7.04. The van der Waals surface area contributed by atoms with Crippen LogP contribution in [0.3, 0.4) is 0 Å². The number of rotatable bonds is 4. The van der Waals surface area contributed by atoms with Gasteiger partial charge in [0.1, 0.15) is 17.2 Å². The maximum Gasteiger partial charge on any atom is 0.573 e. The van der Waals surface area contributed by atoms with Crippen molar-refractivity contribution in [3.63, 3.8) is 0 Å². The Kier molecular flexibility index (Phi) is 5.02. The van der Waals surface area contributed by atoms with Crippen LogP contribution < -0.4 is 14.4 Å². The normalized spacial score (nSPS) is 11.1. The number of carbonyl (C=O) groups is 1. The Morgan fingerprint density at radius 2 is 1.62 bits per heavy atom. The lowest BCUT2D eigenvalue weighted by molar-refractivity contribution is -0.274. The highest BCUT2D eigenvalue weighted by Crippen LogP contribution is 2.30. The van der Waals surface area contributed by atoms with Gasteiger partial charge in [-0.05, 0) is 55.0 Å². The van der Waals surface area contributed by atoms with Crippen molar-refractivity contribution in [3.05, 3.63) is 48.0 Å². The molecule has 128 valence electrons. The summed E-state index contributed by atoms with van der Waals surface area (Å²) in [4.78, 5) is 12.9. The molecule has 7 heteroatoms. The molecule has 0 saturated carbocycles. The minimum atomic E-state index is -4.72. The molecule has 0 fully saturated rings. The molecule has 2 rings (SSSR count). The van der Waals surface area contributed by atoms with Crippen LogP contribution in [0.5, 0.6) is 17.2 Å². The van der Waals surface area contributed by atoms with Gasteiger partial charge >= 0.3 is 6.36 Å². The van der Waals surface area contributed by atoms with Crippen molar-refractivity contribution >= 4 is 11.6 Å². The van der Waals surface area contributed by atoms with E-state index in [1.807, 2.05) is 6.92 Å². The van der Waals surface area contributed by atoms with E-state index in [1.54, 1.807) is 25.2 Å². The van der Waals surface area contributed by atoms with E-state index >= 15 is 0 Å². The van der Waals surface area contributed by atoms with Gasteiger partial charge in [0, 0.05) is 19.7 Å². The molecule has 24 heavy (non-hydrogen) atoms. The zero-order chi connectivity index (χ0) is 17.9. The number of carbonyl (C=O) groups excluding carboxylic acids is 1. The van der Waals surface area contributed by atoms with Crippen LogP contribution in [0.1, 0.15) is 12.5 Å². The van der Waals surface area contributed by atoms with Crippen LogP contribution in [-0.2, 0) is 4.79 Å². The van der Waals surface area contributed by atoms with Crippen LogP contribution in [0, 0.1) is 6.92 Å². The number of benzene rings is 2. The third-order valence-corrected chi connectivity index (χ3v) is 3.30. The van der Waals surface area contributed by atoms with E-state index < -0.39 is 6.36 Å². The molecule has 0 aliphatic rings. The van der Waals surface area contributed by atoms with E-state index in [4.69, 9.17) is 4.74 Å². The Morgan fingerprint density at radius 1 is 1.04 bits per heavy atom. The number of halogens is 3. The molecule has 0 spiro atoms. The van der Waals surface area contributed by atoms with Crippen molar-refractivity contribution in [3.8, 4) is 17.2 Å². The van der Waals surface area contributed by atoms with Crippen molar-refractivity contribution in [1.82, 2.24) is 0 Å². The number of nitrogens with zero attached hydrogens (tertiary/aromatic N) is 1. The van der Waals surface area contributed by atoms with Crippen LogP contribution in [0.15, 0.2) is 42.5 Å². The SMILES string of the molecule is CC(=O)N(C)c1ccc(Oc2ccc(OC(F)(F)F)cc2)c(C)c1. The first kappa shape index (κ1) is 17.7. The Labute approximate surface area is 137 Å². The molecule has 0 unspecified atom stereocenters. The second kappa shape index (κ2) is 6.82. The largest absolute Gasteiger partial charge is 0.573 e. The number of hydrogen-bond donors (Lipinski definition) is 0. The fourth-order valence-corrected chi connectivity index (χ4v) is 1.97. The van der Waals surface area contributed by atoms with Gasteiger partial charge in [-0.2, -0.15) is 0 Å². The first-order valence-electron chi connectivity index (χ1n) is 7.04. The first-order chi connectivity index (χ1) is 11.2. The zero-order valence-electron chi connectivity index (χ0n) is 13.3. The summed E-state index contributed by atoms with van der Waals surface area (Å²) < 4.78 is 45.8. The highest BCUT2D eigenvalue weighted by Gasteiger charge is 2.30. The summed E-state index contributed by atoms with van der Waals surface area (Å²) in [6.45, 7) is 3.28. The standard InChI is InChI=1S/C17H16F3NO3/c1-11-10-13(21(3)12(2)22)4-9-16(11)23-14-5-7-15(8-6-14)24-17(18,19)20/h4-10H,1-3H3. The lowest BCUT2D eigenvalue weighted by Crippen LogP contribution is -2.22. The summed E-state index contributed by atoms with van der Waals surface area (Å²) >= 11 is 0. The Morgan fingerprint density at radius 3 is 2.12 bits per heavy atom. The third kappa shape index (κ3) is 4.65.